The molecule has 0 spiro atoms. The second kappa shape index (κ2) is 8.56. The van der Waals surface area contributed by atoms with E-state index in [1.165, 1.54) is 18.4 Å². The van der Waals surface area contributed by atoms with Crippen molar-refractivity contribution in [3.05, 3.63) is 52.0 Å². The second-order valence-electron chi connectivity index (χ2n) is 4.25. The summed E-state index contributed by atoms with van der Waals surface area (Å²) in [5, 5.41) is 4.56. The Bertz CT molecular complexity index is 731. The lowest BCUT2D eigenvalue weighted by atomic mass is 10.2. The van der Waals surface area contributed by atoms with Crippen LogP contribution in [0.2, 0.25) is 0 Å². The van der Waals surface area contributed by atoms with Crippen LogP contribution in [0, 0.1) is 11.8 Å². The summed E-state index contributed by atoms with van der Waals surface area (Å²) in [6.07, 6.45) is -0.544. The normalized spacial score (nSPS) is 9.43. The third-order valence-electron chi connectivity index (χ3n) is 2.63. The van der Waals surface area contributed by atoms with Crippen LogP contribution < -0.4 is 5.32 Å². The maximum absolute atomic E-state index is 11.5. The molecule has 2 aromatic rings. The molecule has 1 amide bonds. The highest BCUT2D eigenvalue weighted by Crippen LogP contribution is 2.08. The summed E-state index contributed by atoms with van der Waals surface area (Å²) < 4.78 is 9.59. The van der Waals surface area contributed by atoms with Crippen molar-refractivity contribution in [1.29, 1.82) is 0 Å². The molecule has 1 aromatic carbocycles. The Morgan fingerprint density at radius 1 is 1.30 bits per heavy atom. The number of methoxy groups -OCH3 is 1. The first kappa shape index (κ1) is 16.5. The molecule has 0 unspecified atom stereocenters. The third kappa shape index (κ3) is 5.45. The summed E-state index contributed by atoms with van der Waals surface area (Å²) in [7, 11) is 1.29. The number of rotatable bonds is 4. The molecule has 0 saturated heterocycles. The number of nitrogens with one attached hydrogen (secondary N) is 1. The molecule has 0 fully saturated rings. The molecule has 1 aromatic heterocycles. The fourth-order valence-electron chi connectivity index (χ4n) is 1.54. The van der Waals surface area contributed by atoms with Crippen molar-refractivity contribution in [2.24, 2.45) is 0 Å². The number of thiazole rings is 1. The summed E-state index contributed by atoms with van der Waals surface area (Å²) in [6.45, 7) is 0.329. The van der Waals surface area contributed by atoms with E-state index in [-0.39, 0.29) is 18.8 Å². The van der Waals surface area contributed by atoms with Crippen molar-refractivity contribution < 1.29 is 19.1 Å². The lowest BCUT2D eigenvalue weighted by molar-refractivity contribution is 0.0595. The van der Waals surface area contributed by atoms with E-state index in [1.54, 1.807) is 5.38 Å². The molecule has 23 heavy (non-hydrogen) atoms. The van der Waals surface area contributed by atoms with Gasteiger partial charge in [-0.05, 0) is 11.5 Å². The zero-order valence-corrected chi connectivity index (χ0v) is 13.2. The van der Waals surface area contributed by atoms with Gasteiger partial charge in [-0.1, -0.05) is 36.3 Å². The molecule has 118 valence electrons. The van der Waals surface area contributed by atoms with Crippen LogP contribution in [0.3, 0.4) is 0 Å². The Hall–Kier alpha value is -2.85. The number of nitrogens with zero attached hydrogens (tertiary/aromatic N) is 1. The van der Waals surface area contributed by atoms with Crippen LogP contribution in [0.25, 0.3) is 0 Å². The van der Waals surface area contributed by atoms with Gasteiger partial charge in [0.25, 0.3) is 0 Å². The van der Waals surface area contributed by atoms with E-state index in [0.29, 0.717) is 5.01 Å². The Morgan fingerprint density at radius 2 is 2.09 bits per heavy atom. The maximum atomic E-state index is 11.5. The fraction of sp³-hybridized carbons (Fsp3) is 0.188. The van der Waals surface area contributed by atoms with Crippen molar-refractivity contribution in [2.75, 3.05) is 13.7 Å². The van der Waals surface area contributed by atoms with Gasteiger partial charge in [0.1, 0.15) is 6.61 Å². The third-order valence-corrected chi connectivity index (χ3v) is 3.39. The van der Waals surface area contributed by atoms with E-state index in [0.717, 1.165) is 5.56 Å². The molecule has 0 aliphatic rings. The van der Waals surface area contributed by atoms with Crippen LogP contribution in [-0.2, 0) is 16.1 Å². The van der Waals surface area contributed by atoms with Gasteiger partial charge < -0.3 is 14.8 Å². The van der Waals surface area contributed by atoms with Gasteiger partial charge in [-0.25, -0.2) is 14.6 Å². The molecule has 6 nitrogen and oxygen atoms in total. The molecule has 0 aliphatic carbocycles. The monoisotopic (exact) mass is 330 g/mol. The molecule has 0 aliphatic heterocycles. The zero-order chi connectivity index (χ0) is 16.5. The van der Waals surface area contributed by atoms with Crippen molar-refractivity contribution in [3.8, 4) is 11.8 Å². The second-order valence-corrected chi connectivity index (χ2v) is 5.10. The first-order valence-electron chi connectivity index (χ1n) is 6.66. The minimum atomic E-state index is -0.544. The van der Waals surface area contributed by atoms with Gasteiger partial charge in [0.05, 0.1) is 13.7 Å². The number of amides is 1. The van der Waals surface area contributed by atoms with E-state index >= 15 is 0 Å². The topological polar surface area (TPSA) is 77.5 Å². The lowest BCUT2D eigenvalue weighted by Crippen LogP contribution is -2.24. The molecular formula is C16H14N2O4S. The van der Waals surface area contributed by atoms with Crippen LogP contribution in [-0.4, -0.2) is 30.7 Å². The highest BCUT2D eigenvalue weighted by atomic mass is 32.1. The molecule has 1 heterocycles. The molecule has 0 atom stereocenters. The van der Waals surface area contributed by atoms with Gasteiger partial charge in [0, 0.05) is 5.38 Å². The van der Waals surface area contributed by atoms with E-state index in [1.807, 2.05) is 30.3 Å². The highest BCUT2D eigenvalue weighted by Gasteiger charge is 2.09. The average Bonchev–Trinajstić information content (AvgIpc) is 3.06. The van der Waals surface area contributed by atoms with E-state index in [2.05, 4.69) is 26.9 Å². The predicted molar refractivity (Wildman–Crippen MR) is 85.0 cm³/mol. The summed E-state index contributed by atoms with van der Waals surface area (Å²) in [4.78, 5) is 26.7. The summed E-state index contributed by atoms with van der Waals surface area (Å²) in [5.41, 5.74) is 1.13. The van der Waals surface area contributed by atoms with Crippen molar-refractivity contribution in [1.82, 2.24) is 10.3 Å². The molecule has 0 saturated carbocycles. The Labute approximate surface area is 137 Å². The van der Waals surface area contributed by atoms with E-state index in [9.17, 15) is 9.59 Å². The minimum Gasteiger partial charge on any atom is -0.464 e. The Balaban J connectivity index is 1.73. The van der Waals surface area contributed by atoms with Crippen LogP contribution in [0.15, 0.2) is 35.7 Å². The maximum Gasteiger partial charge on any atom is 0.408 e. The predicted octanol–water partition coefficient (Wildman–Crippen LogP) is 2.21. The van der Waals surface area contributed by atoms with Gasteiger partial charge in [-0.15, -0.1) is 11.3 Å². The number of benzene rings is 1. The number of alkyl carbamates (subject to hydrolysis) is 1. The van der Waals surface area contributed by atoms with E-state index in [4.69, 9.17) is 4.74 Å². The molecular weight excluding hydrogens is 316 g/mol. The number of ether oxygens (including phenoxy) is 2. The fourth-order valence-corrected chi connectivity index (χ4v) is 2.19. The number of carbonyl (C=O) groups excluding carboxylic acids is 2. The van der Waals surface area contributed by atoms with Crippen LogP contribution in [0.5, 0.6) is 0 Å². The summed E-state index contributed by atoms with van der Waals surface area (Å²) >= 11 is 1.23. The van der Waals surface area contributed by atoms with Gasteiger partial charge in [0.2, 0.25) is 0 Å². The smallest absolute Gasteiger partial charge is 0.408 e. The van der Waals surface area contributed by atoms with Crippen LogP contribution in [0.1, 0.15) is 21.1 Å². The quantitative estimate of drug-likeness (QED) is 0.687. The molecule has 0 bridgehead atoms. The number of aromatic nitrogens is 1. The number of carbonyl (C=O) groups is 2. The standard InChI is InChI=1S/C16H14N2O4S/c1-21-15(19)13-11-23-14(18-13)8-5-9-17-16(20)22-10-12-6-3-2-4-7-12/h2-4,6-7,11H,9-10H2,1H3,(H,17,20). The van der Waals surface area contributed by atoms with Gasteiger partial charge in [-0.3, -0.25) is 0 Å². The lowest BCUT2D eigenvalue weighted by Gasteiger charge is -2.04. The zero-order valence-electron chi connectivity index (χ0n) is 12.4. The van der Waals surface area contributed by atoms with Crippen molar-refractivity contribution >= 4 is 23.4 Å². The SMILES string of the molecule is COC(=O)c1csc(C#CCNC(=O)OCc2ccccc2)n1. The summed E-state index contributed by atoms with van der Waals surface area (Å²) in [5.74, 6) is 4.98. The molecule has 1 N–H and O–H groups in total. The first-order chi connectivity index (χ1) is 11.2. The van der Waals surface area contributed by atoms with Gasteiger partial charge in [-0.2, -0.15) is 0 Å². The molecule has 0 radical (unpaired) electrons. The molecule has 2 rings (SSSR count). The summed E-state index contributed by atoms with van der Waals surface area (Å²) in [6, 6.07) is 9.38. The number of esters is 1. The Morgan fingerprint density at radius 3 is 2.83 bits per heavy atom. The number of hydrogen-bond acceptors (Lipinski definition) is 6. The number of hydrogen-bond donors (Lipinski definition) is 1. The minimum absolute atomic E-state index is 0.126. The van der Waals surface area contributed by atoms with Crippen LogP contribution in [0.4, 0.5) is 4.79 Å². The van der Waals surface area contributed by atoms with Crippen molar-refractivity contribution in [3.63, 3.8) is 0 Å². The average molecular weight is 330 g/mol. The largest absolute Gasteiger partial charge is 0.464 e. The molecule has 7 heteroatoms. The first-order valence-corrected chi connectivity index (χ1v) is 7.54. The Kier molecular flexibility index (Phi) is 6.15. The van der Waals surface area contributed by atoms with Gasteiger partial charge in [0.15, 0.2) is 10.7 Å². The highest BCUT2D eigenvalue weighted by molar-refractivity contribution is 7.10. The van der Waals surface area contributed by atoms with Crippen LogP contribution >= 0.6 is 11.3 Å². The van der Waals surface area contributed by atoms with Crippen molar-refractivity contribution in [2.45, 2.75) is 6.61 Å². The van der Waals surface area contributed by atoms with Gasteiger partial charge >= 0.3 is 12.1 Å². The van der Waals surface area contributed by atoms with E-state index < -0.39 is 12.1 Å².